The van der Waals surface area contributed by atoms with Gasteiger partial charge in [0, 0.05) is 0 Å². The monoisotopic (exact) mass is 310 g/mol. The van der Waals surface area contributed by atoms with Gasteiger partial charge in [0.05, 0.1) is 5.82 Å². The van der Waals surface area contributed by atoms with E-state index in [0.717, 1.165) is 6.42 Å². The third kappa shape index (κ3) is 19.3. The lowest BCUT2D eigenvalue weighted by Gasteiger charge is -2.03. The Morgan fingerprint density at radius 3 is 1.18 bits per heavy atom. The van der Waals surface area contributed by atoms with E-state index in [2.05, 4.69) is 6.92 Å². The van der Waals surface area contributed by atoms with E-state index >= 15 is 0 Å². The van der Waals surface area contributed by atoms with Crippen LogP contribution < -0.4 is 11.5 Å². The number of unbranched alkanes of at least 4 members (excludes halogenated alkanes) is 16. The van der Waals surface area contributed by atoms with Crippen LogP contribution in [0.4, 0.5) is 0 Å². The molecule has 0 bridgehead atoms. The first-order chi connectivity index (χ1) is 10.8. The second-order valence-electron chi connectivity index (χ2n) is 6.80. The van der Waals surface area contributed by atoms with Crippen LogP contribution in [-0.2, 0) is 0 Å². The SMILES string of the molecule is CCCCCCCCCCCCCCCCCCC=C(N)N. The Balaban J connectivity index is 2.98. The lowest BCUT2D eigenvalue weighted by atomic mass is 10.0. The summed E-state index contributed by atoms with van der Waals surface area (Å²) in [5.74, 6) is 0.473. The van der Waals surface area contributed by atoms with Crippen LogP contribution >= 0.6 is 0 Å². The van der Waals surface area contributed by atoms with Gasteiger partial charge < -0.3 is 11.5 Å². The van der Waals surface area contributed by atoms with E-state index in [0.29, 0.717) is 5.82 Å². The normalized spacial score (nSPS) is 10.8. The average molecular weight is 311 g/mol. The van der Waals surface area contributed by atoms with E-state index in [9.17, 15) is 0 Å². The first-order valence-corrected chi connectivity index (χ1v) is 9.98. The molecule has 22 heavy (non-hydrogen) atoms. The molecule has 0 unspecified atom stereocenters. The van der Waals surface area contributed by atoms with Crippen LogP contribution in [0.25, 0.3) is 0 Å². The van der Waals surface area contributed by atoms with Crippen LogP contribution in [0.5, 0.6) is 0 Å². The molecule has 0 rings (SSSR count). The van der Waals surface area contributed by atoms with Crippen LogP contribution in [0.1, 0.15) is 116 Å². The first kappa shape index (κ1) is 21.3. The van der Waals surface area contributed by atoms with Crippen molar-refractivity contribution in [2.45, 2.75) is 116 Å². The molecule has 0 atom stereocenters. The molecule has 0 aliphatic heterocycles. The van der Waals surface area contributed by atoms with Crippen LogP contribution in [0.3, 0.4) is 0 Å². The lowest BCUT2D eigenvalue weighted by molar-refractivity contribution is 0.530. The molecule has 0 aromatic carbocycles. The van der Waals surface area contributed by atoms with E-state index in [1.54, 1.807) is 0 Å². The van der Waals surface area contributed by atoms with Gasteiger partial charge in [-0.1, -0.05) is 103 Å². The zero-order valence-electron chi connectivity index (χ0n) is 15.3. The maximum Gasteiger partial charge on any atom is 0.0892 e. The van der Waals surface area contributed by atoms with E-state index in [4.69, 9.17) is 11.5 Å². The summed E-state index contributed by atoms with van der Waals surface area (Å²) in [5.41, 5.74) is 10.8. The highest BCUT2D eigenvalue weighted by molar-refractivity contribution is 4.89. The Hall–Kier alpha value is -0.660. The summed E-state index contributed by atoms with van der Waals surface area (Å²) in [6.07, 6.45) is 25.6. The van der Waals surface area contributed by atoms with Crippen molar-refractivity contribution in [3.63, 3.8) is 0 Å². The Morgan fingerprint density at radius 2 is 0.864 bits per heavy atom. The second kappa shape index (κ2) is 18.4. The summed E-state index contributed by atoms with van der Waals surface area (Å²) in [5, 5.41) is 0. The summed E-state index contributed by atoms with van der Waals surface area (Å²) in [6.45, 7) is 2.29. The number of nitrogens with two attached hydrogens (primary N) is 2. The summed E-state index contributed by atoms with van der Waals surface area (Å²) in [4.78, 5) is 0. The standard InChI is InChI=1S/C20H42N2/c1-2-3-4-5-6-7-8-9-10-11-12-13-14-15-16-17-18-19-20(21)22/h19H,2-18,21-22H2,1H3. The van der Waals surface area contributed by atoms with Gasteiger partial charge in [0.2, 0.25) is 0 Å². The number of hydrogen-bond donors (Lipinski definition) is 2. The molecule has 0 fully saturated rings. The van der Waals surface area contributed by atoms with Crippen molar-refractivity contribution in [1.29, 1.82) is 0 Å². The predicted molar refractivity (Wildman–Crippen MR) is 101 cm³/mol. The molecule has 0 aliphatic rings. The molecule has 0 aromatic heterocycles. The van der Waals surface area contributed by atoms with Gasteiger partial charge in [-0.25, -0.2) is 0 Å². The molecule has 132 valence electrons. The molecule has 2 heteroatoms. The Labute approximate surface area is 140 Å². The Morgan fingerprint density at radius 1 is 0.545 bits per heavy atom. The van der Waals surface area contributed by atoms with Crippen molar-refractivity contribution < 1.29 is 0 Å². The maximum atomic E-state index is 5.40. The van der Waals surface area contributed by atoms with Crippen LogP contribution in [0.2, 0.25) is 0 Å². The van der Waals surface area contributed by atoms with Gasteiger partial charge in [0.15, 0.2) is 0 Å². The van der Waals surface area contributed by atoms with Crippen molar-refractivity contribution in [3.8, 4) is 0 Å². The van der Waals surface area contributed by atoms with Gasteiger partial charge in [-0.2, -0.15) is 0 Å². The lowest BCUT2D eigenvalue weighted by Crippen LogP contribution is -2.07. The minimum Gasteiger partial charge on any atom is -0.386 e. The summed E-state index contributed by atoms with van der Waals surface area (Å²) >= 11 is 0. The molecule has 4 N–H and O–H groups in total. The average Bonchev–Trinajstić information content (AvgIpc) is 2.50. The highest BCUT2D eigenvalue weighted by Gasteiger charge is 1.94. The minimum absolute atomic E-state index is 0.473. The third-order valence-corrected chi connectivity index (χ3v) is 4.44. The summed E-state index contributed by atoms with van der Waals surface area (Å²) < 4.78 is 0. The fraction of sp³-hybridized carbons (Fsp3) is 0.900. The summed E-state index contributed by atoms with van der Waals surface area (Å²) in [7, 11) is 0. The predicted octanol–water partition coefficient (Wildman–Crippen LogP) is 6.40. The van der Waals surface area contributed by atoms with Crippen LogP contribution in [-0.4, -0.2) is 0 Å². The van der Waals surface area contributed by atoms with Gasteiger partial charge in [-0.3, -0.25) is 0 Å². The molecule has 0 amide bonds. The fourth-order valence-corrected chi connectivity index (χ4v) is 2.96. The zero-order valence-corrected chi connectivity index (χ0v) is 15.3. The van der Waals surface area contributed by atoms with Gasteiger partial charge in [0.25, 0.3) is 0 Å². The van der Waals surface area contributed by atoms with Crippen molar-refractivity contribution in [3.05, 3.63) is 11.9 Å². The molecule has 0 aromatic rings. The highest BCUT2D eigenvalue weighted by Crippen LogP contribution is 2.14. The quantitative estimate of drug-likeness (QED) is 0.305. The van der Waals surface area contributed by atoms with Crippen LogP contribution in [0.15, 0.2) is 11.9 Å². The molecule has 0 radical (unpaired) electrons. The third-order valence-electron chi connectivity index (χ3n) is 4.44. The minimum atomic E-state index is 0.473. The molecule has 0 saturated carbocycles. The molecule has 0 spiro atoms. The van der Waals surface area contributed by atoms with Crippen molar-refractivity contribution in [1.82, 2.24) is 0 Å². The smallest absolute Gasteiger partial charge is 0.0892 e. The van der Waals surface area contributed by atoms with E-state index in [-0.39, 0.29) is 0 Å². The van der Waals surface area contributed by atoms with Crippen molar-refractivity contribution in [2.24, 2.45) is 11.5 Å². The van der Waals surface area contributed by atoms with Gasteiger partial charge >= 0.3 is 0 Å². The number of rotatable bonds is 17. The molecule has 0 heterocycles. The first-order valence-electron chi connectivity index (χ1n) is 9.98. The second-order valence-corrected chi connectivity index (χ2v) is 6.80. The van der Waals surface area contributed by atoms with E-state index in [1.165, 1.54) is 103 Å². The van der Waals surface area contributed by atoms with Crippen molar-refractivity contribution in [2.75, 3.05) is 0 Å². The fourth-order valence-electron chi connectivity index (χ4n) is 2.96. The van der Waals surface area contributed by atoms with Gasteiger partial charge in [-0.15, -0.1) is 0 Å². The number of hydrogen-bond acceptors (Lipinski definition) is 2. The number of allylic oxidation sites excluding steroid dienone is 1. The van der Waals surface area contributed by atoms with E-state index in [1.807, 2.05) is 6.08 Å². The topological polar surface area (TPSA) is 52.0 Å². The molecule has 0 aliphatic carbocycles. The van der Waals surface area contributed by atoms with E-state index < -0.39 is 0 Å². The van der Waals surface area contributed by atoms with Gasteiger partial charge in [0.1, 0.15) is 0 Å². The maximum absolute atomic E-state index is 5.40. The van der Waals surface area contributed by atoms with Crippen LogP contribution in [0, 0.1) is 0 Å². The zero-order chi connectivity index (χ0) is 16.3. The molecular weight excluding hydrogens is 268 g/mol. The summed E-state index contributed by atoms with van der Waals surface area (Å²) in [6, 6.07) is 0. The highest BCUT2D eigenvalue weighted by atomic mass is 14.8. The molecule has 2 nitrogen and oxygen atoms in total. The Kier molecular flexibility index (Phi) is 17.8. The van der Waals surface area contributed by atoms with Gasteiger partial charge in [-0.05, 0) is 18.9 Å². The van der Waals surface area contributed by atoms with Crippen molar-refractivity contribution >= 4 is 0 Å². The molecular formula is C20H42N2. The molecule has 0 saturated heterocycles. The largest absolute Gasteiger partial charge is 0.386 e. The Bertz CT molecular complexity index is 232.